The number of rotatable bonds is 10. The highest BCUT2D eigenvalue weighted by Crippen LogP contribution is 2.28. The predicted molar refractivity (Wildman–Crippen MR) is 87.9 cm³/mol. The van der Waals surface area contributed by atoms with Gasteiger partial charge >= 0.3 is 0 Å². The fourth-order valence-corrected chi connectivity index (χ4v) is 2.09. The third kappa shape index (κ3) is 5.58. The Morgan fingerprint density at radius 1 is 1.43 bits per heavy atom. The lowest BCUT2D eigenvalue weighted by molar-refractivity contribution is 0.0669. The molecule has 2 atom stereocenters. The molecular formula is C17H25NO5. The Balaban J connectivity index is 2.84. The number of carbonyl (C=O) groups is 1. The van der Waals surface area contributed by atoms with Crippen LogP contribution in [0.15, 0.2) is 30.9 Å². The van der Waals surface area contributed by atoms with Gasteiger partial charge in [0.15, 0.2) is 11.5 Å². The van der Waals surface area contributed by atoms with Crippen LogP contribution < -0.4 is 14.8 Å². The summed E-state index contributed by atoms with van der Waals surface area (Å²) in [5.41, 5.74) is 0.356. The van der Waals surface area contributed by atoms with E-state index in [1.54, 1.807) is 24.3 Å². The molecule has 1 aromatic rings. The number of methoxy groups -OCH3 is 1. The van der Waals surface area contributed by atoms with E-state index in [1.807, 2.05) is 6.92 Å². The van der Waals surface area contributed by atoms with Gasteiger partial charge in [-0.1, -0.05) is 26.0 Å². The Morgan fingerprint density at radius 2 is 2.17 bits per heavy atom. The number of nitrogens with one attached hydrogen (secondary N) is 1. The van der Waals surface area contributed by atoms with E-state index >= 15 is 0 Å². The largest absolute Gasteiger partial charge is 0.493 e. The van der Waals surface area contributed by atoms with Crippen LogP contribution in [0.2, 0.25) is 0 Å². The van der Waals surface area contributed by atoms with Gasteiger partial charge in [-0.3, -0.25) is 4.79 Å². The molecule has 6 nitrogen and oxygen atoms in total. The van der Waals surface area contributed by atoms with Crippen LogP contribution in [0.4, 0.5) is 0 Å². The third-order valence-corrected chi connectivity index (χ3v) is 3.34. The van der Waals surface area contributed by atoms with Gasteiger partial charge in [0.25, 0.3) is 5.91 Å². The zero-order valence-corrected chi connectivity index (χ0v) is 13.6. The van der Waals surface area contributed by atoms with E-state index in [9.17, 15) is 15.0 Å². The van der Waals surface area contributed by atoms with Crippen molar-refractivity contribution in [3.05, 3.63) is 36.4 Å². The first-order valence-electron chi connectivity index (χ1n) is 7.58. The van der Waals surface area contributed by atoms with Crippen molar-refractivity contribution in [2.24, 2.45) is 0 Å². The first-order chi connectivity index (χ1) is 11.1. The van der Waals surface area contributed by atoms with Gasteiger partial charge in [0, 0.05) is 5.56 Å². The van der Waals surface area contributed by atoms with E-state index in [0.717, 1.165) is 6.42 Å². The molecule has 0 radical (unpaired) electrons. The molecule has 0 saturated heterocycles. The first-order valence-corrected chi connectivity index (χ1v) is 7.58. The summed E-state index contributed by atoms with van der Waals surface area (Å²) in [5.74, 6) is 0.538. The minimum atomic E-state index is -0.786. The quantitative estimate of drug-likeness (QED) is 0.568. The van der Waals surface area contributed by atoms with Gasteiger partial charge in [-0.25, -0.2) is 0 Å². The maximum absolute atomic E-state index is 12.3. The number of amides is 1. The highest BCUT2D eigenvalue weighted by Gasteiger charge is 2.21. The predicted octanol–water partition coefficient (Wildman–Crippen LogP) is 1.51. The van der Waals surface area contributed by atoms with Crippen molar-refractivity contribution in [2.45, 2.75) is 31.9 Å². The summed E-state index contributed by atoms with van der Waals surface area (Å²) >= 11 is 0. The summed E-state index contributed by atoms with van der Waals surface area (Å²) in [6.45, 7) is 5.50. The number of hydrogen-bond donors (Lipinski definition) is 3. The van der Waals surface area contributed by atoms with Crippen LogP contribution in [0.5, 0.6) is 11.5 Å². The maximum atomic E-state index is 12.3. The Morgan fingerprint density at radius 3 is 2.74 bits per heavy atom. The zero-order valence-electron chi connectivity index (χ0n) is 13.6. The second-order valence-electron chi connectivity index (χ2n) is 5.08. The molecule has 0 aliphatic carbocycles. The van der Waals surface area contributed by atoms with Crippen molar-refractivity contribution in [3.8, 4) is 11.5 Å². The van der Waals surface area contributed by atoms with Crippen LogP contribution in [0, 0.1) is 0 Å². The Bertz CT molecular complexity index is 518. The Kier molecular flexibility index (Phi) is 8.15. The zero-order chi connectivity index (χ0) is 17.2. The molecule has 23 heavy (non-hydrogen) atoms. The van der Waals surface area contributed by atoms with Gasteiger partial charge in [0.05, 0.1) is 25.9 Å². The maximum Gasteiger partial charge on any atom is 0.251 e. The van der Waals surface area contributed by atoms with Crippen molar-refractivity contribution in [2.75, 3.05) is 20.3 Å². The van der Waals surface area contributed by atoms with Crippen molar-refractivity contribution in [3.63, 3.8) is 0 Å². The minimum Gasteiger partial charge on any atom is -0.493 e. The molecule has 0 aliphatic heterocycles. The lowest BCUT2D eigenvalue weighted by Crippen LogP contribution is -2.45. The Labute approximate surface area is 136 Å². The number of aliphatic hydroxyl groups is 2. The molecule has 0 heterocycles. The molecule has 1 amide bonds. The molecule has 0 aliphatic rings. The average Bonchev–Trinajstić information content (AvgIpc) is 2.57. The fourth-order valence-electron chi connectivity index (χ4n) is 2.09. The second kappa shape index (κ2) is 9.86. The molecule has 1 rings (SSSR count). The molecule has 6 heteroatoms. The van der Waals surface area contributed by atoms with Crippen LogP contribution in [0.3, 0.4) is 0 Å². The molecule has 0 bridgehead atoms. The van der Waals surface area contributed by atoms with Gasteiger partial charge < -0.3 is 25.0 Å². The minimum absolute atomic E-state index is 0.329. The van der Waals surface area contributed by atoms with Crippen molar-refractivity contribution < 1.29 is 24.5 Å². The molecule has 1 aromatic carbocycles. The van der Waals surface area contributed by atoms with Gasteiger partial charge in [-0.2, -0.15) is 0 Å². The smallest absolute Gasteiger partial charge is 0.251 e. The highest BCUT2D eigenvalue weighted by molar-refractivity contribution is 5.95. The monoisotopic (exact) mass is 323 g/mol. The summed E-state index contributed by atoms with van der Waals surface area (Å²) in [4.78, 5) is 12.3. The van der Waals surface area contributed by atoms with E-state index in [1.165, 1.54) is 7.11 Å². The van der Waals surface area contributed by atoms with E-state index in [4.69, 9.17) is 9.47 Å². The normalized spacial score (nSPS) is 13.0. The van der Waals surface area contributed by atoms with E-state index in [2.05, 4.69) is 11.9 Å². The highest BCUT2D eigenvalue weighted by atomic mass is 16.5. The molecule has 3 N–H and O–H groups in total. The van der Waals surface area contributed by atoms with Crippen LogP contribution in [-0.4, -0.2) is 48.6 Å². The van der Waals surface area contributed by atoms with Gasteiger partial charge in [0.2, 0.25) is 0 Å². The molecular weight excluding hydrogens is 298 g/mol. The summed E-state index contributed by atoms with van der Waals surface area (Å²) in [6, 6.07) is 4.07. The number of ether oxygens (including phenoxy) is 2. The standard InChI is InChI=1S/C17H25NO5/c1-4-6-14(20)13(11-19)18-17(21)12-7-8-15(23-9-5-2)16(10-12)22-3/h5,7-8,10,13-14,19-20H,2,4,6,9,11H2,1,3H3,(H,18,21)/t13-,14+/m0/s1. The van der Waals surface area contributed by atoms with Crippen molar-refractivity contribution in [1.29, 1.82) is 0 Å². The summed E-state index contributed by atoms with van der Waals surface area (Å²) in [7, 11) is 1.49. The number of benzene rings is 1. The van der Waals surface area contributed by atoms with Gasteiger partial charge in [-0.15, -0.1) is 0 Å². The van der Waals surface area contributed by atoms with Gasteiger partial charge in [-0.05, 0) is 24.6 Å². The lowest BCUT2D eigenvalue weighted by atomic mass is 10.1. The number of carbonyl (C=O) groups excluding carboxylic acids is 1. The number of aliphatic hydroxyl groups excluding tert-OH is 2. The Hall–Kier alpha value is -2.05. The van der Waals surface area contributed by atoms with Crippen LogP contribution in [0.1, 0.15) is 30.1 Å². The molecule has 0 spiro atoms. The average molecular weight is 323 g/mol. The van der Waals surface area contributed by atoms with Crippen LogP contribution in [0.25, 0.3) is 0 Å². The van der Waals surface area contributed by atoms with Crippen molar-refractivity contribution >= 4 is 5.91 Å². The van der Waals surface area contributed by atoms with Crippen LogP contribution in [-0.2, 0) is 0 Å². The van der Waals surface area contributed by atoms with Gasteiger partial charge in [0.1, 0.15) is 6.61 Å². The molecule has 0 unspecified atom stereocenters. The topological polar surface area (TPSA) is 88.0 Å². The number of hydrogen-bond acceptors (Lipinski definition) is 5. The molecule has 0 saturated carbocycles. The van der Waals surface area contributed by atoms with E-state index < -0.39 is 18.1 Å². The first kappa shape index (κ1) is 19.0. The lowest BCUT2D eigenvalue weighted by Gasteiger charge is -2.22. The molecule has 128 valence electrons. The fraction of sp³-hybridized carbons (Fsp3) is 0.471. The SMILES string of the molecule is C=CCOc1ccc(C(=O)N[C@@H](CO)[C@H](O)CCC)cc1OC. The van der Waals surface area contributed by atoms with E-state index in [-0.39, 0.29) is 6.61 Å². The summed E-state index contributed by atoms with van der Waals surface area (Å²) in [6.07, 6.45) is 2.09. The van der Waals surface area contributed by atoms with E-state index in [0.29, 0.717) is 30.1 Å². The molecule has 0 fully saturated rings. The van der Waals surface area contributed by atoms with Crippen LogP contribution >= 0.6 is 0 Å². The summed E-state index contributed by atoms with van der Waals surface area (Å²) < 4.78 is 10.6. The summed E-state index contributed by atoms with van der Waals surface area (Å²) in [5, 5.41) is 21.9. The van der Waals surface area contributed by atoms with Crippen molar-refractivity contribution in [1.82, 2.24) is 5.32 Å². The molecule has 0 aromatic heterocycles. The third-order valence-electron chi connectivity index (χ3n) is 3.34. The second-order valence-corrected chi connectivity index (χ2v) is 5.08.